The van der Waals surface area contributed by atoms with Crippen molar-refractivity contribution in [2.24, 2.45) is 10.7 Å². The maximum Gasteiger partial charge on any atom is 0.356 e. The van der Waals surface area contributed by atoms with Crippen LogP contribution in [-0.4, -0.2) is 41.4 Å². The minimum atomic E-state index is -1.21. The average molecular weight is 496 g/mol. The smallest absolute Gasteiger partial charge is 0.356 e. The number of aliphatic imine (C=N–C) groups is 1. The first-order valence-corrected chi connectivity index (χ1v) is 11.5. The summed E-state index contributed by atoms with van der Waals surface area (Å²) < 4.78 is 6.37. The molecule has 0 radical (unpaired) electrons. The summed E-state index contributed by atoms with van der Waals surface area (Å²) >= 11 is 5.89. The number of benzene rings is 1. The third-order valence-electron chi connectivity index (χ3n) is 5.90. The van der Waals surface area contributed by atoms with Crippen LogP contribution in [0.4, 0.5) is 5.69 Å². The summed E-state index contributed by atoms with van der Waals surface area (Å²) in [5, 5.41) is 16.5. The number of nitrogens with two attached hydrogens (primary N) is 1. The van der Waals surface area contributed by atoms with Crippen LogP contribution in [0.15, 0.2) is 44.7 Å². The van der Waals surface area contributed by atoms with E-state index in [1.165, 1.54) is 12.3 Å². The fraction of sp³-hybridized carbons (Fsp3) is 0.280. The van der Waals surface area contributed by atoms with Gasteiger partial charge in [-0.05, 0) is 44.5 Å². The lowest BCUT2D eigenvalue weighted by atomic mass is 9.97. The van der Waals surface area contributed by atoms with E-state index in [0.29, 0.717) is 52.2 Å². The first-order chi connectivity index (χ1) is 16.7. The van der Waals surface area contributed by atoms with Crippen LogP contribution in [0.2, 0.25) is 5.15 Å². The van der Waals surface area contributed by atoms with Gasteiger partial charge in [0.25, 0.3) is 0 Å². The summed E-state index contributed by atoms with van der Waals surface area (Å²) in [5.74, 6) is -0.843. The van der Waals surface area contributed by atoms with Gasteiger partial charge in [-0.1, -0.05) is 17.7 Å². The van der Waals surface area contributed by atoms with Crippen LogP contribution in [0, 0.1) is 13.8 Å². The summed E-state index contributed by atoms with van der Waals surface area (Å²) in [5.41, 5.74) is 9.56. The summed E-state index contributed by atoms with van der Waals surface area (Å²) in [7, 11) is 0. The third kappa shape index (κ3) is 4.78. The van der Waals surface area contributed by atoms with Crippen molar-refractivity contribution >= 4 is 45.5 Å². The second kappa shape index (κ2) is 9.89. The number of carboxylic acids is 1. The van der Waals surface area contributed by atoms with Gasteiger partial charge < -0.3 is 25.9 Å². The van der Waals surface area contributed by atoms with Crippen molar-refractivity contribution in [3.63, 3.8) is 0 Å². The predicted octanol–water partition coefficient (Wildman–Crippen LogP) is 3.67. The van der Waals surface area contributed by atoms with Crippen molar-refractivity contribution in [2.45, 2.75) is 26.8 Å². The Morgan fingerprint density at radius 2 is 2.11 bits per heavy atom. The number of nitrogens with zero attached hydrogens (tertiary/aromatic N) is 2. The van der Waals surface area contributed by atoms with E-state index in [1.807, 2.05) is 19.9 Å². The van der Waals surface area contributed by atoms with Crippen molar-refractivity contribution < 1.29 is 14.3 Å². The Kier molecular flexibility index (Phi) is 6.90. The second-order valence-electron chi connectivity index (χ2n) is 8.40. The molecule has 0 saturated heterocycles. The number of pyridine rings is 1. The normalized spacial score (nSPS) is 15.1. The molecule has 182 valence electrons. The molecule has 0 aliphatic carbocycles. The zero-order chi connectivity index (χ0) is 25.3. The van der Waals surface area contributed by atoms with Gasteiger partial charge in [0.05, 0.1) is 34.9 Å². The van der Waals surface area contributed by atoms with Gasteiger partial charge in [0.2, 0.25) is 0 Å². The van der Waals surface area contributed by atoms with Gasteiger partial charge in [-0.15, -0.1) is 0 Å². The second-order valence-corrected chi connectivity index (χ2v) is 8.79. The molecule has 0 fully saturated rings. The van der Waals surface area contributed by atoms with Gasteiger partial charge in [0.15, 0.2) is 11.1 Å². The minimum absolute atomic E-state index is 0.0777. The number of carboxylic acid groups (broad SMARTS) is 1. The molecule has 10 heteroatoms. The Morgan fingerprint density at radius 1 is 1.34 bits per heavy atom. The first-order valence-electron chi connectivity index (χ1n) is 11.1. The third-order valence-corrected chi connectivity index (χ3v) is 6.11. The summed E-state index contributed by atoms with van der Waals surface area (Å²) in [4.78, 5) is 33.6. The van der Waals surface area contributed by atoms with Crippen molar-refractivity contribution in [1.82, 2.24) is 10.3 Å². The largest absolute Gasteiger partial charge is 0.476 e. The number of hydrogen-bond acceptors (Lipinski definition) is 8. The molecule has 1 aromatic carbocycles. The fourth-order valence-corrected chi connectivity index (χ4v) is 4.34. The van der Waals surface area contributed by atoms with E-state index >= 15 is 0 Å². The number of hydrogen-bond donors (Lipinski definition) is 4. The van der Waals surface area contributed by atoms with Crippen LogP contribution in [0.1, 0.15) is 45.9 Å². The molecule has 0 saturated carbocycles. The van der Waals surface area contributed by atoms with Crippen LogP contribution >= 0.6 is 11.6 Å². The SMILES string of the molecule is Cc1cc([C@@H](C)Nc2ccc(Cl)nc2C(=O)O)c2oc(/C(=C/N)C3=NCCNC3)c(C)c(=O)c2c1. The quantitative estimate of drug-likeness (QED) is 0.379. The Bertz CT molecular complexity index is 1440. The molecule has 3 aromatic rings. The van der Waals surface area contributed by atoms with E-state index in [4.69, 9.17) is 21.8 Å². The molecule has 9 nitrogen and oxygen atoms in total. The van der Waals surface area contributed by atoms with Crippen molar-refractivity contribution in [2.75, 3.05) is 25.0 Å². The Morgan fingerprint density at radius 3 is 2.77 bits per heavy atom. The van der Waals surface area contributed by atoms with E-state index < -0.39 is 12.0 Å². The highest BCUT2D eigenvalue weighted by Crippen LogP contribution is 2.32. The van der Waals surface area contributed by atoms with E-state index in [1.54, 1.807) is 19.1 Å². The van der Waals surface area contributed by atoms with Crippen LogP contribution in [0.3, 0.4) is 0 Å². The molecule has 0 spiro atoms. The molecule has 4 rings (SSSR count). The van der Waals surface area contributed by atoms with Crippen LogP contribution in [0.5, 0.6) is 0 Å². The van der Waals surface area contributed by atoms with Crippen molar-refractivity contribution in [1.29, 1.82) is 0 Å². The lowest BCUT2D eigenvalue weighted by molar-refractivity contribution is 0.0691. The molecule has 1 aliphatic rings. The van der Waals surface area contributed by atoms with E-state index in [0.717, 1.165) is 17.8 Å². The fourth-order valence-electron chi connectivity index (χ4n) is 4.19. The molecular weight excluding hydrogens is 470 g/mol. The number of anilines is 1. The number of fused-ring (bicyclic) bond motifs is 1. The van der Waals surface area contributed by atoms with Crippen molar-refractivity contribution in [3.05, 3.63) is 74.0 Å². The van der Waals surface area contributed by atoms with Crippen LogP contribution < -0.4 is 21.8 Å². The molecule has 2 aromatic heterocycles. The standard InChI is InChI=1S/C25H26ClN5O4/c1-12-8-15(14(3)30-18-4-5-20(26)31-21(18)25(33)34)24-16(9-12)22(32)13(2)23(35-24)17(10-27)19-11-28-6-7-29-19/h4-5,8-10,14,28,30H,6-7,11,27H2,1-3H3,(H,33,34)/b17-10+/t14-/m1/s1. The molecule has 0 bridgehead atoms. The number of halogens is 1. The minimum Gasteiger partial charge on any atom is -0.476 e. The van der Waals surface area contributed by atoms with Crippen molar-refractivity contribution in [3.8, 4) is 0 Å². The number of carbonyl (C=O) groups is 1. The van der Waals surface area contributed by atoms with Crippen LogP contribution in [-0.2, 0) is 0 Å². The number of aromatic carboxylic acids is 1. The number of rotatable bonds is 6. The molecule has 0 unspecified atom stereocenters. The monoisotopic (exact) mass is 495 g/mol. The number of nitrogens with one attached hydrogen (secondary N) is 2. The maximum atomic E-state index is 13.4. The van der Waals surface area contributed by atoms with Crippen LogP contribution in [0.25, 0.3) is 16.5 Å². The average Bonchev–Trinajstić information content (AvgIpc) is 2.84. The van der Waals surface area contributed by atoms with E-state index in [2.05, 4.69) is 20.6 Å². The Labute approximate surface area is 206 Å². The lowest BCUT2D eigenvalue weighted by Gasteiger charge is -2.21. The van der Waals surface area contributed by atoms with Gasteiger partial charge in [0.1, 0.15) is 16.5 Å². The topological polar surface area (TPSA) is 143 Å². The summed E-state index contributed by atoms with van der Waals surface area (Å²) in [6, 6.07) is 6.32. The molecule has 5 N–H and O–H groups in total. The first kappa shape index (κ1) is 24.4. The molecule has 1 aliphatic heterocycles. The Hall–Kier alpha value is -3.69. The number of aryl methyl sites for hydroxylation is 1. The molecule has 3 heterocycles. The predicted molar refractivity (Wildman–Crippen MR) is 138 cm³/mol. The summed E-state index contributed by atoms with van der Waals surface area (Å²) in [6.45, 7) is 7.34. The number of aromatic nitrogens is 1. The van der Waals surface area contributed by atoms with Gasteiger partial charge in [-0.3, -0.25) is 9.79 Å². The van der Waals surface area contributed by atoms with Gasteiger partial charge in [-0.2, -0.15) is 0 Å². The molecule has 1 atom stereocenters. The maximum absolute atomic E-state index is 13.4. The van der Waals surface area contributed by atoms with Gasteiger partial charge in [-0.25, -0.2) is 9.78 Å². The van der Waals surface area contributed by atoms with Gasteiger partial charge in [0, 0.05) is 30.4 Å². The highest BCUT2D eigenvalue weighted by molar-refractivity contribution is 6.29. The molecule has 0 amide bonds. The molecular formula is C25H26ClN5O4. The summed E-state index contributed by atoms with van der Waals surface area (Å²) in [6.07, 6.45) is 1.41. The van der Waals surface area contributed by atoms with E-state index in [9.17, 15) is 14.7 Å². The zero-order valence-corrected chi connectivity index (χ0v) is 20.4. The molecule has 35 heavy (non-hydrogen) atoms. The Balaban J connectivity index is 1.87. The van der Waals surface area contributed by atoms with Gasteiger partial charge >= 0.3 is 5.97 Å². The lowest BCUT2D eigenvalue weighted by Crippen LogP contribution is -2.32. The highest BCUT2D eigenvalue weighted by Gasteiger charge is 2.23. The zero-order valence-electron chi connectivity index (χ0n) is 19.6. The highest BCUT2D eigenvalue weighted by atomic mass is 35.5. The van der Waals surface area contributed by atoms with E-state index in [-0.39, 0.29) is 16.3 Å².